The first-order valence-corrected chi connectivity index (χ1v) is 7.03. The fourth-order valence-electron chi connectivity index (χ4n) is 2.14. The molecule has 0 atom stereocenters. The molecule has 2 N–H and O–H groups in total. The maximum absolute atomic E-state index is 11.8. The zero-order chi connectivity index (χ0) is 15.9. The van der Waals surface area contributed by atoms with Gasteiger partial charge in [0.15, 0.2) is 0 Å². The Morgan fingerprint density at radius 1 is 1.05 bits per heavy atom. The molecule has 0 aliphatic heterocycles. The average Bonchev–Trinajstić information content (AvgIpc) is 2.47. The Kier molecular flexibility index (Phi) is 5.20. The monoisotopic (exact) mass is 296 g/mol. The maximum Gasteiger partial charge on any atom is 0.323 e. The van der Waals surface area contributed by atoms with Gasteiger partial charge in [0.1, 0.15) is 5.75 Å². The fourth-order valence-corrected chi connectivity index (χ4v) is 2.14. The molecule has 22 heavy (non-hydrogen) atoms. The number of amides is 2. The third-order valence-electron chi connectivity index (χ3n) is 3.09. The molecule has 4 heteroatoms. The van der Waals surface area contributed by atoms with Gasteiger partial charge in [0.25, 0.3) is 0 Å². The average molecular weight is 296 g/mol. The molecule has 2 rings (SSSR count). The number of benzene rings is 2. The van der Waals surface area contributed by atoms with E-state index in [2.05, 4.69) is 16.7 Å². The molecule has 0 saturated carbocycles. The number of anilines is 1. The van der Waals surface area contributed by atoms with Crippen molar-refractivity contribution in [3.8, 4) is 5.75 Å². The van der Waals surface area contributed by atoms with E-state index >= 15 is 0 Å². The molecule has 2 amide bonds. The molecular formula is C18H20N2O2. The van der Waals surface area contributed by atoms with Gasteiger partial charge in [-0.2, -0.15) is 0 Å². The second-order valence-corrected chi connectivity index (χ2v) is 5.08. The number of carbonyl (C=O) groups is 1. The normalized spacial score (nSPS) is 10.5. The van der Waals surface area contributed by atoms with Gasteiger partial charge in [0, 0.05) is 11.9 Å². The van der Waals surface area contributed by atoms with Crippen LogP contribution in [0.25, 0.3) is 6.08 Å². The summed E-state index contributed by atoms with van der Waals surface area (Å²) in [6.45, 7) is 4.00. The van der Waals surface area contributed by atoms with E-state index in [1.165, 1.54) is 0 Å². The number of carbonyl (C=O) groups excluding carboxylic acids is 1. The predicted molar refractivity (Wildman–Crippen MR) is 90.1 cm³/mol. The van der Waals surface area contributed by atoms with E-state index in [0.29, 0.717) is 0 Å². The van der Waals surface area contributed by atoms with Gasteiger partial charge >= 0.3 is 6.03 Å². The van der Waals surface area contributed by atoms with Gasteiger partial charge in [0.2, 0.25) is 0 Å². The summed E-state index contributed by atoms with van der Waals surface area (Å²) in [6, 6.07) is 13.2. The van der Waals surface area contributed by atoms with E-state index in [-0.39, 0.29) is 6.03 Å². The summed E-state index contributed by atoms with van der Waals surface area (Å²) in [4.78, 5) is 11.8. The van der Waals surface area contributed by atoms with Gasteiger partial charge in [-0.3, -0.25) is 0 Å². The Bertz CT molecular complexity index is 656. The zero-order valence-corrected chi connectivity index (χ0v) is 13.0. The summed E-state index contributed by atoms with van der Waals surface area (Å²) in [5.41, 5.74) is 3.99. The van der Waals surface area contributed by atoms with E-state index < -0.39 is 0 Å². The number of hydrogen-bond donors (Lipinski definition) is 2. The lowest BCUT2D eigenvalue weighted by Crippen LogP contribution is -2.23. The van der Waals surface area contributed by atoms with Crippen molar-refractivity contribution >= 4 is 17.8 Å². The number of urea groups is 1. The SMILES string of the molecule is COc1ccc(/C=C/NC(=O)Nc2cc(C)cc(C)c2)cc1. The minimum atomic E-state index is -0.269. The van der Waals surface area contributed by atoms with Gasteiger partial charge in [-0.25, -0.2) is 4.79 Å². The predicted octanol–water partition coefficient (Wildman–Crippen LogP) is 4.10. The van der Waals surface area contributed by atoms with Gasteiger partial charge in [-0.1, -0.05) is 18.2 Å². The number of aryl methyl sites for hydroxylation is 2. The van der Waals surface area contributed by atoms with E-state index in [4.69, 9.17) is 4.74 Å². The van der Waals surface area contributed by atoms with Crippen molar-refractivity contribution in [3.05, 3.63) is 65.4 Å². The molecule has 0 aliphatic rings. The molecular weight excluding hydrogens is 276 g/mol. The van der Waals surface area contributed by atoms with Crippen molar-refractivity contribution < 1.29 is 9.53 Å². The van der Waals surface area contributed by atoms with Crippen LogP contribution in [0.15, 0.2) is 48.7 Å². The fraction of sp³-hybridized carbons (Fsp3) is 0.167. The van der Waals surface area contributed by atoms with Crippen molar-refractivity contribution in [2.24, 2.45) is 0 Å². The molecule has 0 saturated heterocycles. The minimum Gasteiger partial charge on any atom is -0.497 e. The summed E-state index contributed by atoms with van der Waals surface area (Å²) in [5.74, 6) is 0.803. The Balaban J connectivity index is 1.90. The molecule has 0 spiro atoms. The van der Waals surface area contributed by atoms with Gasteiger partial charge in [-0.15, -0.1) is 0 Å². The van der Waals surface area contributed by atoms with E-state index in [9.17, 15) is 4.79 Å². The lowest BCUT2D eigenvalue weighted by Gasteiger charge is -2.07. The molecule has 2 aromatic carbocycles. The van der Waals surface area contributed by atoms with Gasteiger partial charge in [-0.05, 0) is 60.9 Å². The third kappa shape index (κ3) is 4.66. The van der Waals surface area contributed by atoms with Crippen molar-refractivity contribution in [1.29, 1.82) is 0 Å². The van der Waals surface area contributed by atoms with Crippen LogP contribution in [0, 0.1) is 13.8 Å². The number of methoxy groups -OCH3 is 1. The topological polar surface area (TPSA) is 50.4 Å². The second-order valence-electron chi connectivity index (χ2n) is 5.08. The van der Waals surface area contributed by atoms with Crippen LogP contribution >= 0.6 is 0 Å². The van der Waals surface area contributed by atoms with Crippen LogP contribution in [0.3, 0.4) is 0 Å². The Hall–Kier alpha value is -2.75. The highest BCUT2D eigenvalue weighted by Gasteiger charge is 2.00. The highest BCUT2D eigenvalue weighted by atomic mass is 16.5. The molecule has 0 bridgehead atoms. The molecule has 4 nitrogen and oxygen atoms in total. The molecule has 0 unspecified atom stereocenters. The van der Waals surface area contributed by atoms with Crippen LogP contribution in [0.4, 0.5) is 10.5 Å². The third-order valence-corrected chi connectivity index (χ3v) is 3.09. The molecule has 0 fully saturated rings. The van der Waals surface area contributed by atoms with E-state index in [1.807, 2.05) is 56.3 Å². The summed E-state index contributed by atoms with van der Waals surface area (Å²) < 4.78 is 5.09. The Morgan fingerprint density at radius 2 is 1.68 bits per heavy atom. The van der Waals surface area contributed by atoms with E-state index in [1.54, 1.807) is 13.3 Å². The van der Waals surface area contributed by atoms with Crippen LogP contribution in [0.5, 0.6) is 5.75 Å². The first kappa shape index (κ1) is 15.6. The molecule has 0 aromatic heterocycles. The first-order chi connectivity index (χ1) is 10.6. The van der Waals surface area contributed by atoms with Gasteiger partial charge < -0.3 is 15.4 Å². The van der Waals surface area contributed by atoms with Crippen molar-refractivity contribution in [2.45, 2.75) is 13.8 Å². The number of nitrogens with one attached hydrogen (secondary N) is 2. The van der Waals surface area contributed by atoms with Crippen LogP contribution in [0.1, 0.15) is 16.7 Å². The first-order valence-electron chi connectivity index (χ1n) is 7.03. The van der Waals surface area contributed by atoms with Crippen LogP contribution in [-0.4, -0.2) is 13.1 Å². The number of hydrogen-bond acceptors (Lipinski definition) is 2. The molecule has 0 aliphatic carbocycles. The lowest BCUT2D eigenvalue weighted by molar-refractivity contribution is 0.255. The Labute approximate surface area is 130 Å². The van der Waals surface area contributed by atoms with Crippen LogP contribution in [-0.2, 0) is 0 Å². The summed E-state index contributed by atoms with van der Waals surface area (Å²) in [7, 11) is 1.63. The van der Waals surface area contributed by atoms with Gasteiger partial charge in [0.05, 0.1) is 7.11 Å². The zero-order valence-electron chi connectivity index (χ0n) is 13.0. The van der Waals surface area contributed by atoms with Crippen LogP contribution < -0.4 is 15.4 Å². The molecule has 0 heterocycles. The van der Waals surface area contributed by atoms with Crippen molar-refractivity contribution in [1.82, 2.24) is 5.32 Å². The van der Waals surface area contributed by atoms with Crippen molar-refractivity contribution in [2.75, 3.05) is 12.4 Å². The Morgan fingerprint density at radius 3 is 2.27 bits per heavy atom. The maximum atomic E-state index is 11.8. The lowest BCUT2D eigenvalue weighted by atomic mass is 10.1. The molecule has 114 valence electrons. The van der Waals surface area contributed by atoms with Crippen molar-refractivity contribution in [3.63, 3.8) is 0 Å². The molecule has 0 radical (unpaired) electrons. The van der Waals surface area contributed by atoms with E-state index in [0.717, 1.165) is 28.1 Å². The summed E-state index contributed by atoms with van der Waals surface area (Å²) in [6.07, 6.45) is 3.43. The summed E-state index contributed by atoms with van der Waals surface area (Å²) >= 11 is 0. The molecule has 2 aromatic rings. The number of rotatable bonds is 4. The highest BCUT2D eigenvalue weighted by Crippen LogP contribution is 2.14. The smallest absolute Gasteiger partial charge is 0.323 e. The summed E-state index contributed by atoms with van der Waals surface area (Å²) in [5, 5.41) is 5.49. The van der Waals surface area contributed by atoms with Crippen LogP contribution in [0.2, 0.25) is 0 Å². The highest BCUT2D eigenvalue weighted by molar-refractivity contribution is 5.90. The second kappa shape index (κ2) is 7.31. The minimum absolute atomic E-state index is 0.269. The number of ether oxygens (including phenoxy) is 1. The quantitative estimate of drug-likeness (QED) is 0.892. The largest absolute Gasteiger partial charge is 0.497 e. The standard InChI is InChI=1S/C18H20N2O2/c1-13-10-14(2)12-16(11-13)20-18(21)19-9-8-15-4-6-17(22-3)7-5-15/h4-12H,1-3H3,(H2,19,20,21)/b9-8+.